The second-order valence-electron chi connectivity index (χ2n) is 4.68. The monoisotopic (exact) mass is 284 g/mol. The third kappa shape index (κ3) is 3.73. The molecule has 3 N–H and O–H groups in total. The van der Waals surface area contributed by atoms with Gasteiger partial charge in [-0.3, -0.25) is 4.98 Å². The lowest BCUT2D eigenvalue weighted by atomic mass is 10.1. The Morgan fingerprint density at radius 3 is 2.79 bits per heavy atom. The van der Waals surface area contributed by atoms with E-state index in [4.69, 9.17) is 5.73 Å². The lowest BCUT2D eigenvalue weighted by molar-refractivity contribution is 0.254. The molecule has 2 rings (SSSR count). The molecule has 6 nitrogen and oxygen atoms in total. The molecule has 2 heterocycles. The van der Waals surface area contributed by atoms with E-state index in [0.29, 0.717) is 13.1 Å². The number of pyridine rings is 1. The van der Waals surface area contributed by atoms with E-state index in [1.807, 2.05) is 0 Å². The van der Waals surface area contributed by atoms with E-state index in [9.17, 15) is 8.42 Å². The average Bonchev–Trinajstić information content (AvgIpc) is 2.46. The van der Waals surface area contributed by atoms with Crippen LogP contribution >= 0.6 is 0 Å². The van der Waals surface area contributed by atoms with E-state index in [1.165, 1.54) is 4.31 Å². The van der Waals surface area contributed by atoms with Crippen LogP contribution in [0, 0.1) is 0 Å². The van der Waals surface area contributed by atoms with Gasteiger partial charge in [0.1, 0.15) is 0 Å². The van der Waals surface area contributed by atoms with Crippen molar-refractivity contribution < 1.29 is 8.42 Å². The Morgan fingerprint density at radius 1 is 1.37 bits per heavy atom. The van der Waals surface area contributed by atoms with Crippen LogP contribution in [0.3, 0.4) is 0 Å². The van der Waals surface area contributed by atoms with Crippen molar-refractivity contribution in [3.05, 3.63) is 30.1 Å². The normalized spacial score (nSPS) is 21.4. The molecule has 1 saturated heterocycles. The Hall–Kier alpha value is -1.02. The molecule has 106 valence electrons. The number of nitrogens with zero attached hydrogens (tertiary/aromatic N) is 2. The van der Waals surface area contributed by atoms with Crippen LogP contribution < -0.4 is 10.5 Å². The number of hydrogen-bond acceptors (Lipinski definition) is 4. The summed E-state index contributed by atoms with van der Waals surface area (Å²) >= 11 is 0. The van der Waals surface area contributed by atoms with Crippen LogP contribution in [0.2, 0.25) is 0 Å². The molecule has 7 heteroatoms. The van der Waals surface area contributed by atoms with Gasteiger partial charge in [-0.1, -0.05) is 6.42 Å². The van der Waals surface area contributed by atoms with Crippen LogP contribution in [-0.2, 0) is 16.8 Å². The highest BCUT2D eigenvalue weighted by molar-refractivity contribution is 7.87. The van der Waals surface area contributed by atoms with E-state index in [2.05, 4.69) is 9.71 Å². The first kappa shape index (κ1) is 14.4. The third-order valence-electron chi connectivity index (χ3n) is 3.36. The van der Waals surface area contributed by atoms with Gasteiger partial charge >= 0.3 is 0 Å². The number of nitrogens with one attached hydrogen (secondary N) is 1. The minimum atomic E-state index is -3.46. The van der Waals surface area contributed by atoms with Gasteiger partial charge in [0.2, 0.25) is 0 Å². The average molecular weight is 284 g/mol. The van der Waals surface area contributed by atoms with Gasteiger partial charge < -0.3 is 5.73 Å². The smallest absolute Gasteiger partial charge is 0.280 e. The lowest BCUT2D eigenvalue weighted by Gasteiger charge is -2.33. The molecule has 1 atom stereocenters. The SMILES string of the molecule is NCC1CCCCN1S(=O)(=O)NCc1ccncc1. The van der Waals surface area contributed by atoms with Gasteiger partial charge in [-0.2, -0.15) is 17.4 Å². The fourth-order valence-corrected chi connectivity index (χ4v) is 3.75. The van der Waals surface area contributed by atoms with E-state index >= 15 is 0 Å². The molecule has 0 aliphatic carbocycles. The maximum Gasteiger partial charge on any atom is 0.280 e. The highest BCUT2D eigenvalue weighted by Gasteiger charge is 2.30. The number of aromatic nitrogens is 1. The molecule has 1 aliphatic rings. The van der Waals surface area contributed by atoms with Gasteiger partial charge in [0.05, 0.1) is 0 Å². The van der Waals surface area contributed by atoms with E-state index in [-0.39, 0.29) is 12.6 Å². The van der Waals surface area contributed by atoms with E-state index in [0.717, 1.165) is 24.8 Å². The lowest BCUT2D eigenvalue weighted by Crippen LogP contribution is -2.51. The zero-order valence-corrected chi connectivity index (χ0v) is 11.6. The Labute approximate surface area is 114 Å². The quantitative estimate of drug-likeness (QED) is 0.810. The highest BCUT2D eigenvalue weighted by atomic mass is 32.2. The zero-order chi connectivity index (χ0) is 13.7. The zero-order valence-electron chi connectivity index (χ0n) is 10.8. The molecule has 1 unspecified atom stereocenters. The molecule has 1 fully saturated rings. The van der Waals surface area contributed by atoms with Gasteiger partial charge in [0.25, 0.3) is 10.2 Å². The Kier molecular flexibility index (Phi) is 4.87. The van der Waals surface area contributed by atoms with Gasteiger partial charge in [-0.05, 0) is 30.5 Å². The van der Waals surface area contributed by atoms with Crippen molar-refractivity contribution >= 4 is 10.2 Å². The molecule has 0 spiro atoms. The van der Waals surface area contributed by atoms with Gasteiger partial charge in [0, 0.05) is 38.1 Å². The van der Waals surface area contributed by atoms with Crippen LogP contribution in [0.1, 0.15) is 24.8 Å². The minimum Gasteiger partial charge on any atom is -0.329 e. The molecule has 1 aromatic heterocycles. The fourth-order valence-electron chi connectivity index (χ4n) is 2.28. The van der Waals surface area contributed by atoms with Crippen LogP contribution in [0.15, 0.2) is 24.5 Å². The topological polar surface area (TPSA) is 88.3 Å². The van der Waals surface area contributed by atoms with Crippen molar-refractivity contribution in [2.45, 2.75) is 31.8 Å². The molecule has 0 saturated carbocycles. The van der Waals surface area contributed by atoms with Crippen molar-refractivity contribution in [1.82, 2.24) is 14.0 Å². The van der Waals surface area contributed by atoms with Crippen molar-refractivity contribution in [2.75, 3.05) is 13.1 Å². The number of hydrogen-bond donors (Lipinski definition) is 2. The number of piperidine rings is 1. The summed E-state index contributed by atoms with van der Waals surface area (Å²) < 4.78 is 28.7. The van der Waals surface area contributed by atoms with Crippen LogP contribution in [-0.4, -0.2) is 36.8 Å². The summed E-state index contributed by atoms with van der Waals surface area (Å²) in [5.74, 6) is 0. The summed E-state index contributed by atoms with van der Waals surface area (Å²) in [6, 6.07) is 3.50. The Bertz CT molecular complexity index is 492. The van der Waals surface area contributed by atoms with Crippen molar-refractivity contribution in [2.24, 2.45) is 5.73 Å². The third-order valence-corrected chi connectivity index (χ3v) is 4.97. The minimum absolute atomic E-state index is 0.0799. The predicted molar refractivity (Wildman–Crippen MR) is 73.4 cm³/mol. The molecule has 0 aromatic carbocycles. The molecule has 0 radical (unpaired) electrons. The van der Waals surface area contributed by atoms with Crippen molar-refractivity contribution in [3.63, 3.8) is 0 Å². The number of rotatable bonds is 5. The molecule has 1 aromatic rings. The summed E-state index contributed by atoms with van der Waals surface area (Å²) in [4.78, 5) is 3.90. The largest absolute Gasteiger partial charge is 0.329 e. The first-order valence-electron chi connectivity index (χ1n) is 6.49. The van der Waals surface area contributed by atoms with Gasteiger partial charge in [-0.15, -0.1) is 0 Å². The Morgan fingerprint density at radius 2 is 2.11 bits per heavy atom. The molecule has 0 amide bonds. The standard InChI is InChI=1S/C12H20N4O2S/c13-9-12-3-1-2-8-16(12)19(17,18)15-10-11-4-6-14-7-5-11/h4-7,12,15H,1-3,8-10,13H2. The van der Waals surface area contributed by atoms with Crippen molar-refractivity contribution in [3.8, 4) is 0 Å². The summed E-state index contributed by atoms with van der Waals surface area (Å²) in [5.41, 5.74) is 6.54. The summed E-state index contributed by atoms with van der Waals surface area (Å²) in [5, 5.41) is 0. The summed E-state index contributed by atoms with van der Waals surface area (Å²) in [6.45, 7) is 1.20. The maximum absolute atomic E-state index is 12.3. The number of nitrogens with two attached hydrogens (primary N) is 1. The second kappa shape index (κ2) is 6.42. The van der Waals surface area contributed by atoms with Crippen molar-refractivity contribution in [1.29, 1.82) is 0 Å². The van der Waals surface area contributed by atoms with Crippen LogP contribution in [0.4, 0.5) is 0 Å². The fraction of sp³-hybridized carbons (Fsp3) is 0.583. The molecular formula is C12H20N4O2S. The van der Waals surface area contributed by atoms with E-state index in [1.54, 1.807) is 24.5 Å². The molecule has 1 aliphatic heterocycles. The predicted octanol–water partition coefficient (Wildman–Crippen LogP) is 0.229. The summed E-state index contributed by atoms with van der Waals surface area (Å²) in [7, 11) is -3.46. The van der Waals surface area contributed by atoms with Crippen LogP contribution in [0.25, 0.3) is 0 Å². The molecule has 0 bridgehead atoms. The van der Waals surface area contributed by atoms with E-state index < -0.39 is 10.2 Å². The molecule has 19 heavy (non-hydrogen) atoms. The first-order chi connectivity index (χ1) is 9.13. The maximum atomic E-state index is 12.3. The van der Waals surface area contributed by atoms with Gasteiger partial charge in [0.15, 0.2) is 0 Å². The molecular weight excluding hydrogens is 264 g/mol. The second-order valence-corrected chi connectivity index (χ2v) is 6.39. The van der Waals surface area contributed by atoms with Crippen LogP contribution in [0.5, 0.6) is 0 Å². The van der Waals surface area contributed by atoms with Gasteiger partial charge in [-0.25, -0.2) is 0 Å². The highest BCUT2D eigenvalue weighted by Crippen LogP contribution is 2.19. The summed E-state index contributed by atoms with van der Waals surface area (Å²) in [6.07, 6.45) is 6.07. The first-order valence-corrected chi connectivity index (χ1v) is 7.93. The Balaban J connectivity index is 2.01.